The van der Waals surface area contributed by atoms with E-state index in [0.717, 1.165) is 41.2 Å². The van der Waals surface area contributed by atoms with Crippen LogP contribution < -0.4 is 5.32 Å². The number of nitrogens with one attached hydrogen (secondary N) is 1. The topological polar surface area (TPSA) is 46.9 Å². The molecule has 3 aromatic rings. The van der Waals surface area contributed by atoms with Gasteiger partial charge in [0.1, 0.15) is 5.69 Å². The van der Waals surface area contributed by atoms with Gasteiger partial charge in [-0.3, -0.25) is 4.79 Å². The molecule has 4 nitrogen and oxygen atoms in total. The van der Waals surface area contributed by atoms with Crippen molar-refractivity contribution in [3.63, 3.8) is 0 Å². The number of nitrogens with zero attached hydrogens (tertiary/aromatic N) is 2. The van der Waals surface area contributed by atoms with Crippen molar-refractivity contribution in [3.8, 4) is 16.3 Å². The second kappa shape index (κ2) is 9.88. The van der Waals surface area contributed by atoms with E-state index >= 15 is 0 Å². The summed E-state index contributed by atoms with van der Waals surface area (Å²) in [6.07, 6.45) is 10.0. The van der Waals surface area contributed by atoms with Gasteiger partial charge < -0.3 is 5.32 Å². The fourth-order valence-corrected chi connectivity index (χ4v) is 3.55. The molecule has 0 aliphatic rings. The van der Waals surface area contributed by atoms with Crippen LogP contribution in [0.4, 0.5) is 0 Å². The fraction of sp³-hybridized carbons (Fsp3) is 0.273. The first-order valence-electron chi connectivity index (χ1n) is 9.43. The predicted octanol–water partition coefficient (Wildman–Crippen LogP) is 5.31. The largest absolute Gasteiger partial charge is 0.353 e. The van der Waals surface area contributed by atoms with Crippen LogP contribution in [0.2, 0.25) is 0 Å². The lowest BCUT2D eigenvalue weighted by Gasteiger charge is -2.01. The predicted molar refractivity (Wildman–Crippen MR) is 113 cm³/mol. The lowest BCUT2D eigenvalue weighted by molar-refractivity contribution is -0.116. The zero-order valence-electron chi connectivity index (χ0n) is 15.6. The normalized spacial score (nSPS) is 11.1. The van der Waals surface area contributed by atoms with E-state index in [4.69, 9.17) is 5.10 Å². The third kappa shape index (κ3) is 5.41. The molecule has 0 atom stereocenters. The molecule has 140 valence electrons. The molecular weight excluding hydrogens is 354 g/mol. The molecule has 0 saturated carbocycles. The molecule has 0 unspecified atom stereocenters. The molecule has 0 saturated heterocycles. The zero-order valence-corrected chi connectivity index (χ0v) is 16.4. The summed E-state index contributed by atoms with van der Waals surface area (Å²) in [5, 5.41) is 9.73. The third-order valence-corrected chi connectivity index (χ3v) is 5.14. The van der Waals surface area contributed by atoms with Crippen LogP contribution in [-0.4, -0.2) is 22.2 Å². The van der Waals surface area contributed by atoms with Crippen molar-refractivity contribution >= 4 is 23.3 Å². The number of amides is 1. The van der Waals surface area contributed by atoms with Crippen molar-refractivity contribution in [1.82, 2.24) is 15.1 Å². The van der Waals surface area contributed by atoms with E-state index in [1.807, 2.05) is 64.8 Å². The molecule has 3 rings (SSSR count). The maximum atomic E-state index is 12.1. The number of aromatic nitrogens is 2. The van der Waals surface area contributed by atoms with Crippen LogP contribution in [0, 0.1) is 0 Å². The number of hydrogen-bond donors (Lipinski definition) is 1. The van der Waals surface area contributed by atoms with E-state index in [2.05, 4.69) is 12.2 Å². The lowest BCUT2D eigenvalue weighted by atomic mass is 10.2. The van der Waals surface area contributed by atoms with Gasteiger partial charge in [-0.1, -0.05) is 50.5 Å². The number of carbonyl (C=O) groups is 1. The summed E-state index contributed by atoms with van der Waals surface area (Å²) < 4.78 is 1.86. The van der Waals surface area contributed by atoms with Crippen molar-refractivity contribution in [1.29, 1.82) is 0 Å². The van der Waals surface area contributed by atoms with Crippen molar-refractivity contribution in [3.05, 3.63) is 65.7 Å². The van der Waals surface area contributed by atoms with Gasteiger partial charge in [-0.2, -0.15) is 5.10 Å². The molecule has 0 radical (unpaired) electrons. The standard InChI is InChI=1S/C22H25N3OS/c1-2-3-4-8-15-23-21(26)14-13-18-17-25(19-10-6-5-7-11-19)24-22(18)20-12-9-16-27-20/h5-7,9-14,16-17H,2-4,8,15H2,1H3,(H,23,26)/b14-13+. The molecule has 2 aromatic heterocycles. The van der Waals surface area contributed by atoms with E-state index < -0.39 is 0 Å². The van der Waals surface area contributed by atoms with Gasteiger partial charge in [0.15, 0.2) is 0 Å². The summed E-state index contributed by atoms with van der Waals surface area (Å²) in [6.45, 7) is 2.91. The Hall–Kier alpha value is -2.66. The Morgan fingerprint density at radius 2 is 2.00 bits per heavy atom. The number of hydrogen-bond acceptors (Lipinski definition) is 3. The minimum absolute atomic E-state index is 0.0592. The van der Waals surface area contributed by atoms with E-state index in [9.17, 15) is 4.79 Å². The highest BCUT2D eigenvalue weighted by atomic mass is 32.1. The second-order valence-corrected chi connectivity index (χ2v) is 7.32. The van der Waals surface area contributed by atoms with Gasteiger partial charge in [-0.25, -0.2) is 4.68 Å². The Morgan fingerprint density at radius 1 is 1.15 bits per heavy atom. The van der Waals surface area contributed by atoms with Crippen LogP contribution in [0.3, 0.4) is 0 Å². The van der Waals surface area contributed by atoms with Gasteiger partial charge in [-0.05, 0) is 36.1 Å². The highest BCUT2D eigenvalue weighted by molar-refractivity contribution is 7.13. The number of unbranched alkanes of at least 4 members (excludes halogenated alkanes) is 3. The van der Waals surface area contributed by atoms with Crippen LogP contribution in [-0.2, 0) is 4.79 Å². The minimum atomic E-state index is -0.0592. The summed E-state index contributed by atoms with van der Waals surface area (Å²) >= 11 is 1.64. The summed E-state index contributed by atoms with van der Waals surface area (Å²) in [7, 11) is 0. The number of benzene rings is 1. The number of thiophene rings is 1. The molecular formula is C22H25N3OS. The van der Waals surface area contributed by atoms with Crippen LogP contribution in [0.25, 0.3) is 22.3 Å². The van der Waals surface area contributed by atoms with Crippen LogP contribution in [0.15, 0.2) is 60.1 Å². The first kappa shape index (κ1) is 19.1. The Morgan fingerprint density at radius 3 is 2.74 bits per heavy atom. The van der Waals surface area contributed by atoms with E-state index in [-0.39, 0.29) is 5.91 Å². The summed E-state index contributed by atoms with van der Waals surface area (Å²) in [5.41, 5.74) is 2.82. The van der Waals surface area contributed by atoms with E-state index in [0.29, 0.717) is 0 Å². The van der Waals surface area contributed by atoms with Gasteiger partial charge in [0.25, 0.3) is 0 Å². The van der Waals surface area contributed by atoms with Crippen molar-refractivity contribution < 1.29 is 4.79 Å². The Balaban J connectivity index is 1.74. The molecule has 27 heavy (non-hydrogen) atoms. The first-order valence-corrected chi connectivity index (χ1v) is 10.3. The summed E-state index contributed by atoms with van der Waals surface area (Å²) in [6, 6.07) is 14.1. The van der Waals surface area contributed by atoms with Gasteiger partial charge in [0.2, 0.25) is 5.91 Å². The lowest BCUT2D eigenvalue weighted by Crippen LogP contribution is -2.21. The Bertz CT molecular complexity index is 866. The maximum Gasteiger partial charge on any atom is 0.244 e. The Kier molecular flexibility index (Phi) is 6.99. The van der Waals surface area contributed by atoms with Gasteiger partial charge >= 0.3 is 0 Å². The molecule has 2 heterocycles. The fourth-order valence-electron chi connectivity index (χ4n) is 2.81. The third-order valence-electron chi connectivity index (χ3n) is 4.26. The number of carbonyl (C=O) groups excluding carboxylic acids is 1. The molecule has 0 aliphatic heterocycles. The molecule has 5 heteroatoms. The van der Waals surface area contributed by atoms with E-state index in [1.54, 1.807) is 17.4 Å². The molecule has 1 amide bonds. The number of para-hydroxylation sites is 1. The van der Waals surface area contributed by atoms with Crippen molar-refractivity contribution in [2.45, 2.75) is 32.6 Å². The SMILES string of the molecule is CCCCCCNC(=O)/C=C/c1cn(-c2ccccc2)nc1-c1cccs1. The van der Waals surface area contributed by atoms with Gasteiger partial charge in [0, 0.05) is 24.4 Å². The molecule has 1 aromatic carbocycles. The number of rotatable bonds is 9. The Labute approximate surface area is 164 Å². The molecule has 0 fully saturated rings. The van der Waals surface area contributed by atoms with Crippen LogP contribution in [0.5, 0.6) is 0 Å². The highest BCUT2D eigenvalue weighted by Crippen LogP contribution is 2.28. The summed E-state index contributed by atoms with van der Waals surface area (Å²) in [5.74, 6) is -0.0592. The second-order valence-electron chi connectivity index (χ2n) is 6.38. The average molecular weight is 380 g/mol. The molecule has 0 aliphatic carbocycles. The quantitative estimate of drug-likeness (QED) is 0.404. The zero-order chi connectivity index (χ0) is 18.9. The molecule has 0 bridgehead atoms. The van der Waals surface area contributed by atoms with E-state index in [1.165, 1.54) is 12.8 Å². The van der Waals surface area contributed by atoms with Gasteiger partial charge in [-0.15, -0.1) is 11.3 Å². The van der Waals surface area contributed by atoms with Crippen LogP contribution in [0.1, 0.15) is 38.2 Å². The van der Waals surface area contributed by atoms with Gasteiger partial charge in [0.05, 0.1) is 10.6 Å². The minimum Gasteiger partial charge on any atom is -0.353 e. The highest BCUT2D eigenvalue weighted by Gasteiger charge is 2.11. The monoisotopic (exact) mass is 379 g/mol. The summed E-state index contributed by atoms with van der Waals surface area (Å²) in [4.78, 5) is 13.2. The smallest absolute Gasteiger partial charge is 0.244 e. The molecule has 1 N–H and O–H groups in total. The molecule has 0 spiro atoms. The average Bonchev–Trinajstić information content (AvgIpc) is 3.36. The van der Waals surface area contributed by atoms with Crippen LogP contribution >= 0.6 is 11.3 Å². The first-order chi connectivity index (χ1) is 13.3. The maximum absolute atomic E-state index is 12.1. The van der Waals surface area contributed by atoms with Crippen molar-refractivity contribution in [2.75, 3.05) is 6.54 Å². The van der Waals surface area contributed by atoms with Crippen molar-refractivity contribution in [2.24, 2.45) is 0 Å².